The lowest BCUT2D eigenvalue weighted by Gasteiger charge is -2.50. The molecule has 0 saturated carbocycles. The Morgan fingerprint density at radius 2 is 1.22 bits per heavy atom. The second-order valence-corrected chi connectivity index (χ2v) is 20.8. The number of rotatable bonds is 39. The molecule has 3 saturated heterocycles. The van der Waals surface area contributed by atoms with Crippen molar-refractivity contribution in [3.63, 3.8) is 0 Å². The summed E-state index contributed by atoms with van der Waals surface area (Å²) in [5, 5.41) is 135. The van der Waals surface area contributed by atoms with Gasteiger partial charge in [-0.3, -0.25) is 9.59 Å². The SMILES string of the molecule is CCCCCCCCCCCCC/C=C/C(O)C(COC1OC(CO)C(OC2OC(CO)C(O)C(OC3(C(=O)O)CC(O)C(NC(C)=O)C(C(O)C(O)CO)O3)C2O)C(O)C1O)NC(=O)CCCCCCCCCCC. The van der Waals surface area contributed by atoms with Crippen molar-refractivity contribution in [3.8, 4) is 0 Å². The molecule has 3 aliphatic rings. The van der Waals surface area contributed by atoms with Gasteiger partial charge in [-0.1, -0.05) is 142 Å². The van der Waals surface area contributed by atoms with E-state index < -0.39 is 155 Å². The molecule has 0 aromatic carbocycles. The number of allylic oxidation sites excluding steroid dienone is 1. The summed E-state index contributed by atoms with van der Waals surface area (Å²) < 4.78 is 34.5. The summed E-state index contributed by atoms with van der Waals surface area (Å²) in [4.78, 5) is 38.2. The zero-order chi connectivity index (χ0) is 56.2. The van der Waals surface area contributed by atoms with Crippen LogP contribution in [0.4, 0.5) is 0 Å². The lowest BCUT2D eigenvalue weighted by atomic mass is 9.88. The van der Waals surface area contributed by atoms with E-state index in [0.29, 0.717) is 12.8 Å². The highest BCUT2D eigenvalue weighted by molar-refractivity contribution is 5.77. The van der Waals surface area contributed by atoms with E-state index in [2.05, 4.69) is 24.5 Å². The van der Waals surface area contributed by atoms with Gasteiger partial charge in [-0.15, -0.1) is 0 Å². The minimum atomic E-state index is -3.08. The van der Waals surface area contributed by atoms with Crippen molar-refractivity contribution < 1.29 is 104 Å². The van der Waals surface area contributed by atoms with Crippen LogP contribution in [0.1, 0.15) is 168 Å². The van der Waals surface area contributed by atoms with Crippen molar-refractivity contribution in [2.45, 2.75) is 278 Å². The Kier molecular flexibility index (Phi) is 32.7. The van der Waals surface area contributed by atoms with E-state index >= 15 is 0 Å². The monoisotopic (exact) mass is 1100 g/mol. The number of carbonyl (C=O) groups excluding carboxylic acids is 2. The van der Waals surface area contributed by atoms with Crippen LogP contribution in [0.5, 0.6) is 0 Å². The van der Waals surface area contributed by atoms with E-state index in [0.717, 1.165) is 51.9 Å². The third-order valence-corrected chi connectivity index (χ3v) is 14.5. The second kappa shape index (κ2) is 36.7. The van der Waals surface area contributed by atoms with E-state index in [1.807, 2.05) is 6.08 Å². The first-order valence-corrected chi connectivity index (χ1v) is 28.1. The number of amides is 2. The fourth-order valence-corrected chi connectivity index (χ4v) is 9.88. The van der Waals surface area contributed by atoms with Crippen molar-refractivity contribution in [2.24, 2.45) is 0 Å². The van der Waals surface area contributed by atoms with Crippen LogP contribution in [0.25, 0.3) is 0 Å². The zero-order valence-electron chi connectivity index (χ0n) is 45.1. The molecule has 2 amide bonds. The molecule has 18 unspecified atom stereocenters. The molecule has 14 N–H and O–H groups in total. The summed E-state index contributed by atoms with van der Waals surface area (Å²) in [5.74, 6) is -6.15. The molecule has 18 atom stereocenters. The standard InChI is InChI=1S/C53H96N2O21/c1-4-6-8-10-12-14-15-16-17-19-20-22-24-26-35(60)34(55-40(63)27-25-23-21-18-13-11-9-7-5-2)32-71-50-45(67)44(66)47(39(31-58)73-50)74-51-46(68)49(43(65)38(30-57)72-51)76-53(52(69)70)28-36(61)41(54-33(3)59)48(75-53)42(64)37(62)29-56/h24,26,34-39,41-51,56-58,60-62,64-68H,4-23,25,27-32H2,1-3H3,(H,54,59)(H,55,63)(H,69,70)/b26-24+. The van der Waals surface area contributed by atoms with Gasteiger partial charge in [-0.2, -0.15) is 0 Å². The Labute approximate surface area is 448 Å². The molecule has 0 aliphatic carbocycles. The molecule has 0 aromatic heterocycles. The number of nitrogens with one attached hydrogen (secondary N) is 2. The van der Waals surface area contributed by atoms with Gasteiger partial charge in [0.05, 0.1) is 50.7 Å². The third-order valence-electron chi connectivity index (χ3n) is 14.5. The summed E-state index contributed by atoms with van der Waals surface area (Å²) in [5.41, 5.74) is 0. The molecule has 0 spiro atoms. The Balaban J connectivity index is 1.72. The van der Waals surface area contributed by atoms with E-state index in [9.17, 15) is 75.7 Å². The van der Waals surface area contributed by atoms with Gasteiger partial charge >= 0.3 is 5.97 Å². The van der Waals surface area contributed by atoms with Gasteiger partial charge in [-0.05, 0) is 19.3 Å². The fraction of sp³-hybridized carbons (Fsp3) is 0.906. The largest absolute Gasteiger partial charge is 0.477 e. The molecule has 0 bridgehead atoms. The van der Waals surface area contributed by atoms with Gasteiger partial charge in [0.2, 0.25) is 11.8 Å². The fourth-order valence-electron chi connectivity index (χ4n) is 9.88. The van der Waals surface area contributed by atoms with Gasteiger partial charge in [0.25, 0.3) is 5.79 Å². The van der Waals surface area contributed by atoms with Crippen LogP contribution in [0.15, 0.2) is 12.2 Å². The number of hydrogen-bond donors (Lipinski definition) is 14. The number of hydrogen-bond acceptors (Lipinski definition) is 20. The van der Waals surface area contributed by atoms with E-state index in [-0.39, 0.29) is 12.3 Å². The summed E-state index contributed by atoms with van der Waals surface area (Å²) in [6.07, 6.45) is -2.53. The number of aliphatic carboxylic acids is 1. The first-order chi connectivity index (χ1) is 36.4. The predicted octanol–water partition coefficient (Wildman–Crippen LogP) is 0.825. The molecule has 3 rings (SSSR count). The summed E-state index contributed by atoms with van der Waals surface area (Å²) in [6.45, 7) is 2.03. The Morgan fingerprint density at radius 1 is 0.684 bits per heavy atom. The van der Waals surface area contributed by atoms with Crippen molar-refractivity contribution in [3.05, 3.63) is 12.2 Å². The minimum absolute atomic E-state index is 0.202. The van der Waals surface area contributed by atoms with Crippen molar-refractivity contribution in [1.82, 2.24) is 10.6 Å². The van der Waals surface area contributed by atoms with Gasteiger partial charge in [0.15, 0.2) is 12.6 Å². The number of unbranched alkanes of at least 4 members (excludes halogenated alkanes) is 19. The molecule has 3 fully saturated rings. The van der Waals surface area contributed by atoms with Crippen LogP contribution in [-0.2, 0) is 42.8 Å². The first-order valence-electron chi connectivity index (χ1n) is 28.1. The highest BCUT2D eigenvalue weighted by Gasteiger charge is 2.60. The van der Waals surface area contributed by atoms with E-state index in [1.165, 1.54) is 77.0 Å². The molecule has 0 radical (unpaired) electrons. The minimum Gasteiger partial charge on any atom is -0.477 e. The average Bonchev–Trinajstić information content (AvgIpc) is 3.39. The maximum Gasteiger partial charge on any atom is 0.364 e. The van der Waals surface area contributed by atoms with Crippen molar-refractivity contribution >= 4 is 17.8 Å². The molecule has 23 nitrogen and oxygen atoms in total. The van der Waals surface area contributed by atoms with Gasteiger partial charge in [0.1, 0.15) is 67.1 Å². The Hall–Kier alpha value is -2.53. The maximum absolute atomic E-state index is 13.2. The van der Waals surface area contributed by atoms with Gasteiger partial charge in [-0.25, -0.2) is 4.79 Å². The topological polar surface area (TPSA) is 373 Å². The van der Waals surface area contributed by atoms with Gasteiger partial charge < -0.3 is 100 Å². The van der Waals surface area contributed by atoms with Crippen LogP contribution < -0.4 is 10.6 Å². The number of ether oxygens (including phenoxy) is 6. The van der Waals surface area contributed by atoms with Crippen molar-refractivity contribution in [2.75, 3.05) is 26.4 Å². The molecule has 0 aromatic rings. The molecule has 76 heavy (non-hydrogen) atoms. The van der Waals surface area contributed by atoms with Crippen LogP contribution in [0.3, 0.4) is 0 Å². The summed E-state index contributed by atoms with van der Waals surface area (Å²) in [7, 11) is 0. The summed E-state index contributed by atoms with van der Waals surface area (Å²) in [6, 6.07) is -2.61. The molecular weight excluding hydrogens is 1000 g/mol. The lowest BCUT2D eigenvalue weighted by Crippen LogP contribution is -2.70. The van der Waals surface area contributed by atoms with Crippen LogP contribution in [0.2, 0.25) is 0 Å². The average molecular weight is 1100 g/mol. The molecular formula is C53H96N2O21. The van der Waals surface area contributed by atoms with Crippen LogP contribution >= 0.6 is 0 Å². The Bertz CT molecular complexity index is 1630. The van der Waals surface area contributed by atoms with Gasteiger partial charge in [0, 0.05) is 19.8 Å². The Morgan fingerprint density at radius 3 is 1.75 bits per heavy atom. The van der Waals surface area contributed by atoms with Crippen LogP contribution in [0, 0.1) is 0 Å². The number of carboxylic acid groups (broad SMARTS) is 1. The highest BCUT2D eigenvalue weighted by Crippen LogP contribution is 2.38. The smallest absolute Gasteiger partial charge is 0.364 e. The lowest BCUT2D eigenvalue weighted by molar-refractivity contribution is -0.386. The number of aliphatic hydroxyl groups is 11. The second-order valence-electron chi connectivity index (χ2n) is 20.8. The normalized spacial score (nSPS) is 31.7. The highest BCUT2D eigenvalue weighted by atomic mass is 16.8. The van der Waals surface area contributed by atoms with Crippen LogP contribution in [-0.4, -0.2) is 215 Å². The number of aliphatic hydroxyl groups excluding tert-OH is 11. The quantitative estimate of drug-likeness (QED) is 0.0299. The molecule has 23 heteroatoms. The number of carboxylic acids is 1. The predicted molar refractivity (Wildman–Crippen MR) is 274 cm³/mol. The molecule has 3 aliphatic heterocycles. The summed E-state index contributed by atoms with van der Waals surface area (Å²) >= 11 is 0. The number of carbonyl (C=O) groups is 3. The van der Waals surface area contributed by atoms with E-state index in [1.54, 1.807) is 6.08 Å². The zero-order valence-corrected chi connectivity index (χ0v) is 45.1. The maximum atomic E-state index is 13.2. The molecule has 444 valence electrons. The third kappa shape index (κ3) is 21.8. The molecule has 3 heterocycles. The first kappa shape index (κ1) is 67.7. The van der Waals surface area contributed by atoms with Crippen molar-refractivity contribution in [1.29, 1.82) is 0 Å². The van der Waals surface area contributed by atoms with E-state index in [4.69, 9.17) is 28.4 Å².